The zero-order valence-electron chi connectivity index (χ0n) is 12.5. The Labute approximate surface area is 150 Å². The molecule has 0 bridgehead atoms. The monoisotopic (exact) mass is 384 g/mol. The van der Waals surface area contributed by atoms with Gasteiger partial charge in [-0.05, 0) is 30.3 Å². The van der Waals surface area contributed by atoms with Crippen molar-refractivity contribution in [3.63, 3.8) is 0 Å². The van der Waals surface area contributed by atoms with Crippen LogP contribution in [0.25, 0.3) is 5.65 Å². The summed E-state index contributed by atoms with van der Waals surface area (Å²) in [7, 11) is 0. The molecule has 1 N–H and O–H groups in total. The van der Waals surface area contributed by atoms with Gasteiger partial charge in [-0.1, -0.05) is 29.4 Å². The first-order chi connectivity index (χ1) is 12.0. The number of ether oxygens (including phenoxy) is 1. The molecule has 3 aromatic rings. The number of pyridine rings is 1. The van der Waals surface area contributed by atoms with E-state index in [1.165, 1.54) is 30.0 Å². The van der Waals surface area contributed by atoms with Gasteiger partial charge in [0.25, 0.3) is 0 Å². The first-order valence-corrected chi connectivity index (χ1v) is 8.36. The van der Waals surface area contributed by atoms with E-state index in [9.17, 15) is 13.6 Å². The molecular formula is C15H11ClF2N4O2S. The number of benzene rings is 1. The van der Waals surface area contributed by atoms with E-state index in [4.69, 9.17) is 11.6 Å². The number of hydrogen-bond acceptors (Lipinski definition) is 5. The van der Waals surface area contributed by atoms with Crippen LogP contribution in [0.3, 0.4) is 0 Å². The summed E-state index contributed by atoms with van der Waals surface area (Å²) < 4.78 is 30.4. The number of alkyl halides is 2. The highest BCUT2D eigenvalue weighted by atomic mass is 35.5. The fourth-order valence-corrected chi connectivity index (χ4v) is 2.96. The smallest absolute Gasteiger partial charge is 0.387 e. The van der Waals surface area contributed by atoms with Gasteiger partial charge in [0.1, 0.15) is 5.75 Å². The number of hydrogen-bond donors (Lipinski definition) is 1. The molecule has 6 nitrogen and oxygen atoms in total. The zero-order chi connectivity index (χ0) is 17.8. The molecule has 0 saturated carbocycles. The Hall–Kier alpha value is -2.39. The van der Waals surface area contributed by atoms with Crippen molar-refractivity contribution in [3.8, 4) is 5.75 Å². The predicted octanol–water partition coefficient (Wildman–Crippen LogP) is 3.71. The first-order valence-electron chi connectivity index (χ1n) is 7.00. The second kappa shape index (κ2) is 7.66. The van der Waals surface area contributed by atoms with Gasteiger partial charge in [0.05, 0.1) is 10.8 Å². The molecule has 2 heterocycles. The van der Waals surface area contributed by atoms with E-state index in [1.54, 1.807) is 10.6 Å². The molecule has 0 fully saturated rings. The molecule has 1 aromatic carbocycles. The Morgan fingerprint density at radius 3 is 2.92 bits per heavy atom. The lowest BCUT2D eigenvalue weighted by Crippen LogP contribution is -2.14. The number of fused-ring (bicyclic) bond motifs is 1. The highest BCUT2D eigenvalue weighted by Gasteiger charge is 2.12. The van der Waals surface area contributed by atoms with Gasteiger partial charge in [-0.25, -0.2) is 0 Å². The molecule has 0 saturated heterocycles. The third-order valence-electron chi connectivity index (χ3n) is 3.05. The number of aromatic nitrogens is 3. The summed E-state index contributed by atoms with van der Waals surface area (Å²) in [5.41, 5.74) is 1.06. The summed E-state index contributed by atoms with van der Waals surface area (Å²) in [5, 5.41) is 11.2. The van der Waals surface area contributed by atoms with Gasteiger partial charge in [-0.3, -0.25) is 9.20 Å². The van der Waals surface area contributed by atoms with Crippen molar-refractivity contribution in [2.75, 3.05) is 11.1 Å². The van der Waals surface area contributed by atoms with E-state index >= 15 is 0 Å². The van der Waals surface area contributed by atoms with Gasteiger partial charge in [-0.2, -0.15) is 8.78 Å². The molecule has 130 valence electrons. The molecule has 0 radical (unpaired) electrons. The summed E-state index contributed by atoms with van der Waals surface area (Å²) in [5.74, 6) is -0.349. The molecule has 10 heteroatoms. The summed E-state index contributed by atoms with van der Waals surface area (Å²) in [4.78, 5) is 12.0. The highest BCUT2D eigenvalue weighted by Crippen LogP contribution is 2.29. The number of anilines is 1. The largest absolute Gasteiger partial charge is 0.433 e. The molecule has 3 rings (SSSR count). The van der Waals surface area contributed by atoms with Crippen LogP contribution in [0.1, 0.15) is 0 Å². The number of amides is 1. The summed E-state index contributed by atoms with van der Waals surface area (Å²) >= 11 is 7.06. The van der Waals surface area contributed by atoms with E-state index in [2.05, 4.69) is 20.3 Å². The summed E-state index contributed by atoms with van der Waals surface area (Å²) in [6.07, 6.45) is 1.80. The number of nitrogens with zero attached hydrogens (tertiary/aromatic N) is 3. The van der Waals surface area contributed by atoms with Crippen molar-refractivity contribution in [3.05, 3.63) is 47.6 Å². The van der Waals surface area contributed by atoms with Crippen molar-refractivity contribution < 1.29 is 18.3 Å². The van der Waals surface area contributed by atoms with Crippen LogP contribution in [-0.2, 0) is 4.79 Å². The Morgan fingerprint density at radius 2 is 2.16 bits per heavy atom. The molecular weight excluding hydrogens is 374 g/mol. The van der Waals surface area contributed by atoms with Crippen molar-refractivity contribution in [1.29, 1.82) is 0 Å². The van der Waals surface area contributed by atoms with Crippen LogP contribution in [0.5, 0.6) is 5.75 Å². The summed E-state index contributed by atoms with van der Waals surface area (Å²) in [6.45, 7) is -2.97. The van der Waals surface area contributed by atoms with Gasteiger partial charge >= 0.3 is 6.61 Å². The van der Waals surface area contributed by atoms with Crippen LogP contribution in [0.4, 0.5) is 14.5 Å². The fourth-order valence-electron chi connectivity index (χ4n) is 2.02. The van der Waals surface area contributed by atoms with Crippen LogP contribution in [-0.4, -0.2) is 32.9 Å². The van der Waals surface area contributed by atoms with Gasteiger partial charge < -0.3 is 10.1 Å². The van der Waals surface area contributed by atoms with Gasteiger partial charge in [0.2, 0.25) is 5.91 Å². The number of carbonyl (C=O) groups excluding carboxylic acids is 1. The van der Waals surface area contributed by atoms with E-state index in [-0.39, 0.29) is 22.4 Å². The maximum atomic E-state index is 12.2. The normalized spacial score (nSPS) is 11.0. The molecule has 0 unspecified atom stereocenters. The molecule has 0 spiro atoms. The van der Waals surface area contributed by atoms with Gasteiger partial charge in [0, 0.05) is 11.9 Å². The predicted molar refractivity (Wildman–Crippen MR) is 90.4 cm³/mol. The average molecular weight is 385 g/mol. The van der Waals surface area contributed by atoms with Crippen LogP contribution in [0.2, 0.25) is 5.02 Å². The van der Waals surface area contributed by atoms with Crippen LogP contribution < -0.4 is 10.1 Å². The van der Waals surface area contributed by atoms with Crippen molar-refractivity contribution in [2.24, 2.45) is 0 Å². The molecule has 1 amide bonds. The van der Waals surface area contributed by atoms with Crippen molar-refractivity contribution >= 4 is 40.6 Å². The fraction of sp³-hybridized carbons (Fsp3) is 0.133. The van der Waals surface area contributed by atoms with Crippen molar-refractivity contribution in [2.45, 2.75) is 11.8 Å². The van der Waals surface area contributed by atoms with E-state index < -0.39 is 6.61 Å². The first kappa shape index (κ1) is 17.4. The molecule has 0 aliphatic rings. The van der Waals surface area contributed by atoms with E-state index in [0.717, 1.165) is 0 Å². The van der Waals surface area contributed by atoms with Gasteiger partial charge in [-0.15, -0.1) is 10.2 Å². The zero-order valence-corrected chi connectivity index (χ0v) is 14.1. The number of nitrogens with one attached hydrogen (secondary N) is 1. The number of rotatable bonds is 6. The summed E-state index contributed by atoms with van der Waals surface area (Å²) in [6, 6.07) is 9.53. The maximum absolute atomic E-state index is 12.2. The van der Waals surface area contributed by atoms with Crippen LogP contribution in [0.15, 0.2) is 47.8 Å². The van der Waals surface area contributed by atoms with Crippen molar-refractivity contribution in [1.82, 2.24) is 14.6 Å². The second-order valence-corrected chi connectivity index (χ2v) is 6.12. The Balaban J connectivity index is 1.60. The standard InChI is InChI=1S/C15H11ClF2N4O2S/c16-10-7-9(4-5-11(10)24-14(17)18)19-13(23)8-25-15-21-20-12-3-1-2-6-22(12)15/h1-7,14H,8H2,(H,19,23). The second-order valence-electron chi connectivity index (χ2n) is 4.77. The van der Waals surface area contributed by atoms with Gasteiger partial charge in [0.15, 0.2) is 10.8 Å². The third-order valence-corrected chi connectivity index (χ3v) is 4.28. The highest BCUT2D eigenvalue weighted by molar-refractivity contribution is 7.99. The molecule has 25 heavy (non-hydrogen) atoms. The topological polar surface area (TPSA) is 68.5 Å². The van der Waals surface area contributed by atoms with E-state index in [1.807, 2.05) is 18.2 Å². The Bertz CT molecular complexity index is 906. The number of carbonyl (C=O) groups is 1. The minimum absolute atomic E-state index is 0.0193. The van der Waals surface area contributed by atoms with E-state index in [0.29, 0.717) is 16.5 Å². The minimum Gasteiger partial charge on any atom is -0.433 e. The Morgan fingerprint density at radius 1 is 1.32 bits per heavy atom. The molecule has 0 aliphatic heterocycles. The molecule has 2 aromatic heterocycles. The molecule has 0 aliphatic carbocycles. The Kier molecular flexibility index (Phi) is 5.34. The SMILES string of the molecule is O=C(CSc1nnc2ccccn12)Nc1ccc(OC(F)F)c(Cl)c1. The molecule has 0 atom stereocenters. The minimum atomic E-state index is -2.97. The van der Waals surface area contributed by atoms with Crippen LogP contribution >= 0.6 is 23.4 Å². The third kappa shape index (κ3) is 4.37. The number of halogens is 3. The lowest BCUT2D eigenvalue weighted by Gasteiger charge is -2.09. The number of thioether (sulfide) groups is 1. The van der Waals surface area contributed by atoms with Crippen LogP contribution in [0, 0.1) is 0 Å². The lowest BCUT2D eigenvalue weighted by atomic mass is 10.3. The lowest BCUT2D eigenvalue weighted by molar-refractivity contribution is -0.113. The average Bonchev–Trinajstić information content (AvgIpc) is 2.98. The maximum Gasteiger partial charge on any atom is 0.387 e. The quantitative estimate of drug-likeness (QED) is 0.656.